The van der Waals surface area contributed by atoms with Gasteiger partial charge in [-0.3, -0.25) is 0 Å². The van der Waals surface area contributed by atoms with Gasteiger partial charge in [0.1, 0.15) is 5.82 Å². The van der Waals surface area contributed by atoms with Gasteiger partial charge < -0.3 is 10.4 Å². The van der Waals surface area contributed by atoms with Crippen molar-refractivity contribution in [3.63, 3.8) is 0 Å². The molecule has 2 rings (SSSR count). The van der Waals surface area contributed by atoms with Gasteiger partial charge in [0.25, 0.3) is 0 Å². The predicted octanol–water partition coefficient (Wildman–Crippen LogP) is 3.73. The molecule has 21 heavy (non-hydrogen) atoms. The molecular weight excluding hydrogens is 306 g/mol. The lowest BCUT2D eigenvalue weighted by molar-refractivity contribution is -0.137. The Hall–Kier alpha value is -1.44. The minimum Gasteiger partial charge on any atom is -0.387 e. The van der Waals surface area contributed by atoms with Gasteiger partial charge in [0, 0.05) is 13.1 Å². The summed E-state index contributed by atoms with van der Waals surface area (Å²) in [4.78, 5) is 0. The second kappa shape index (κ2) is 6.55. The third-order valence-corrected chi connectivity index (χ3v) is 3.58. The van der Waals surface area contributed by atoms with E-state index in [1.165, 1.54) is 11.3 Å². The molecule has 1 aromatic carbocycles. The largest absolute Gasteiger partial charge is 0.416 e. The lowest BCUT2D eigenvalue weighted by atomic mass is 10.1. The Bertz CT molecular complexity index is 583. The molecule has 2 nitrogen and oxygen atoms in total. The third-order valence-electron chi connectivity index (χ3n) is 2.88. The van der Waals surface area contributed by atoms with E-state index in [1.54, 1.807) is 11.4 Å². The average Bonchev–Trinajstić information content (AvgIpc) is 2.90. The van der Waals surface area contributed by atoms with E-state index in [2.05, 4.69) is 5.32 Å². The highest BCUT2D eigenvalue weighted by molar-refractivity contribution is 7.07. The van der Waals surface area contributed by atoms with E-state index in [0.717, 1.165) is 17.7 Å². The Balaban J connectivity index is 1.96. The van der Waals surface area contributed by atoms with Crippen molar-refractivity contribution >= 4 is 11.3 Å². The molecule has 0 aliphatic rings. The molecule has 0 saturated heterocycles. The van der Waals surface area contributed by atoms with Gasteiger partial charge in [0.05, 0.1) is 11.7 Å². The zero-order valence-corrected chi connectivity index (χ0v) is 11.6. The molecule has 0 saturated carbocycles. The molecule has 7 heteroatoms. The van der Waals surface area contributed by atoms with E-state index < -0.39 is 23.7 Å². The van der Waals surface area contributed by atoms with Crippen LogP contribution in [-0.4, -0.2) is 11.7 Å². The molecule has 0 aliphatic heterocycles. The van der Waals surface area contributed by atoms with E-state index in [4.69, 9.17) is 0 Å². The molecule has 0 amide bonds. The second-order valence-corrected chi connectivity index (χ2v) is 5.33. The molecule has 0 fully saturated rings. The number of halogens is 4. The summed E-state index contributed by atoms with van der Waals surface area (Å²) in [6.45, 7) is 0.219. The van der Waals surface area contributed by atoms with Crippen molar-refractivity contribution in [2.75, 3.05) is 6.54 Å². The van der Waals surface area contributed by atoms with Crippen LogP contribution < -0.4 is 5.32 Å². The summed E-state index contributed by atoms with van der Waals surface area (Å²) in [5.74, 6) is -0.931. The Kier molecular flexibility index (Phi) is 4.97. The van der Waals surface area contributed by atoms with Crippen LogP contribution >= 0.6 is 11.3 Å². The first kappa shape index (κ1) is 15.9. The predicted molar refractivity (Wildman–Crippen MR) is 72.4 cm³/mol. The Morgan fingerprint density at radius 3 is 2.62 bits per heavy atom. The molecule has 2 aromatic rings. The summed E-state index contributed by atoms with van der Waals surface area (Å²) in [6.07, 6.45) is -5.32. The monoisotopic (exact) mass is 319 g/mol. The summed E-state index contributed by atoms with van der Waals surface area (Å²) in [5, 5.41) is 16.2. The van der Waals surface area contributed by atoms with E-state index in [-0.39, 0.29) is 18.7 Å². The van der Waals surface area contributed by atoms with Crippen LogP contribution in [0.15, 0.2) is 35.0 Å². The number of aliphatic hydroxyl groups excluding tert-OH is 1. The minimum absolute atomic E-state index is 0.0437. The van der Waals surface area contributed by atoms with Crippen molar-refractivity contribution in [1.29, 1.82) is 0 Å². The number of thiophene rings is 1. The highest BCUT2D eigenvalue weighted by Crippen LogP contribution is 2.30. The topological polar surface area (TPSA) is 32.3 Å². The zero-order valence-electron chi connectivity index (χ0n) is 10.8. The molecular formula is C14H13F4NOS. The van der Waals surface area contributed by atoms with Gasteiger partial charge in [0.2, 0.25) is 0 Å². The van der Waals surface area contributed by atoms with Crippen molar-refractivity contribution in [3.05, 3.63) is 57.5 Å². The maximum Gasteiger partial charge on any atom is 0.416 e. The molecule has 0 aliphatic carbocycles. The van der Waals surface area contributed by atoms with E-state index in [9.17, 15) is 22.7 Å². The van der Waals surface area contributed by atoms with Crippen LogP contribution in [-0.2, 0) is 12.7 Å². The van der Waals surface area contributed by atoms with Crippen LogP contribution in [0, 0.1) is 5.82 Å². The second-order valence-electron chi connectivity index (χ2n) is 4.55. The van der Waals surface area contributed by atoms with Gasteiger partial charge in [-0.05, 0) is 46.2 Å². The number of hydrogen-bond donors (Lipinski definition) is 2. The average molecular weight is 319 g/mol. The van der Waals surface area contributed by atoms with Crippen LogP contribution in [0.3, 0.4) is 0 Å². The summed E-state index contributed by atoms with van der Waals surface area (Å²) < 4.78 is 50.9. The first-order valence-electron chi connectivity index (χ1n) is 6.14. The summed E-state index contributed by atoms with van der Waals surface area (Å²) in [7, 11) is 0. The first-order valence-corrected chi connectivity index (χ1v) is 7.08. The molecule has 1 unspecified atom stereocenters. The van der Waals surface area contributed by atoms with Crippen molar-refractivity contribution in [2.45, 2.75) is 18.8 Å². The first-order chi connectivity index (χ1) is 9.86. The molecule has 0 bridgehead atoms. The maximum absolute atomic E-state index is 13.2. The summed E-state index contributed by atoms with van der Waals surface area (Å²) >= 11 is 1.44. The number of nitrogens with one attached hydrogen (secondary N) is 1. The highest BCUT2D eigenvalue weighted by Gasteiger charge is 2.31. The Labute approximate surface area is 123 Å². The van der Waals surface area contributed by atoms with Crippen LogP contribution in [0.4, 0.5) is 17.6 Å². The molecule has 114 valence electrons. The van der Waals surface area contributed by atoms with Crippen molar-refractivity contribution in [2.24, 2.45) is 0 Å². The molecule has 1 aromatic heterocycles. The fraction of sp³-hybridized carbons (Fsp3) is 0.286. The van der Waals surface area contributed by atoms with Crippen LogP contribution in [0.2, 0.25) is 0 Å². The SMILES string of the molecule is OC(CNCc1cc(F)cc(C(F)(F)F)c1)c1ccsc1. The Morgan fingerprint density at radius 1 is 1.24 bits per heavy atom. The summed E-state index contributed by atoms with van der Waals surface area (Å²) in [6, 6.07) is 4.16. The maximum atomic E-state index is 13.2. The fourth-order valence-electron chi connectivity index (χ4n) is 1.85. The third kappa shape index (κ3) is 4.52. The van der Waals surface area contributed by atoms with E-state index in [1.807, 2.05) is 5.38 Å². The van der Waals surface area contributed by atoms with Gasteiger partial charge in [-0.2, -0.15) is 24.5 Å². The van der Waals surface area contributed by atoms with Crippen molar-refractivity contribution < 1.29 is 22.7 Å². The molecule has 1 atom stereocenters. The molecule has 0 radical (unpaired) electrons. The van der Waals surface area contributed by atoms with Gasteiger partial charge in [0.15, 0.2) is 0 Å². The molecule has 1 heterocycles. The van der Waals surface area contributed by atoms with Gasteiger partial charge in [-0.25, -0.2) is 4.39 Å². The number of hydrogen-bond acceptors (Lipinski definition) is 3. The van der Waals surface area contributed by atoms with Crippen LogP contribution in [0.1, 0.15) is 22.8 Å². The zero-order chi connectivity index (χ0) is 15.5. The fourth-order valence-corrected chi connectivity index (χ4v) is 2.56. The highest BCUT2D eigenvalue weighted by atomic mass is 32.1. The molecule has 2 N–H and O–H groups in total. The number of aliphatic hydroxyl groups is 1. The van der Waals surface area contributed by atoms with Crippen LogP contribution in [0.25, 0.3) is 0 Å². The molecule has 0 spiro atoms. The van der Waals surface area contributed by atoms with Gasteiger partial charge in [-0.15, -0.1) is 0 Å². The minimum atomic E-state index is -4.58. The standard InChI is InChI=1S/C14H13F4NOS/c15-12-4-9(3-11(5-12)14(16,17)18)6-19-7-13(20)10-1-2-21-8-10/h1-5,8,13,19-20H,6-7H2. The van der Waals surface area contributed by atoms with Gasteiger partial charge >= 0.3 is 6.18 Å². The number of rotatable bonds is 5. The van der Waals surface area contributed by atoms with Crippen molar-refractivity contribution in [1.82, 2.24) is 5.32 Å². The Morgan fingerprint density at radius 2 is 2.00 bits per heavy atom. The van der Waals surface area contributed by atoms with Crippen molar-refractivity contribution in [3.8, 4) is 0 Å². The van der Waals surface area contributed by atoms with E-state index >= 15 is 0 Å². The normalized spacial score (nSPS) is 13.4. The lowest BCUT2D eigenvalue weighted by Crippen LogP contribution is -2.21. The quantitative estimate of drug-likeness (QED) is 0.823. The van der Waals surface area contributed by atoms with Crippen LogP contribution in [0.5, 0.6) is 0 Å². The summed E-state index contributed by atoms with van der Waals surface area (Å²) in [5.41, 5.74) is -0.0970. The van der Waals surface area contributed by atoms with Gasteiger partial charge in [-0.1, -0.05) is 0 Å². The lowest BCUT2D eigenvalue weighted by Gasteiger charge is -2.12. The van der Waals surface area contributed by atoms with E-state index in [0.29, 0.717) is 6.07 Å². The smallest absolute Gasteiger partial charge is 0.387 e. The number of benzene rings is 1. The number of alkyl halides is 3.